The van der Waals surface area contributed by atoms with Crippen LogP contribution in [0, 0.1) is 0 Å². The lowest BCUT2D eigenvalue weighted by atomic mass is 9.66. The molecular weight excluding hydrogens is 809 g/mol. The van der Waals surface area contributed by atoms with E-state index in [1.54, 1.807) is 0 Å². The second kappa shape index (κ2) is 15.8. The Bertz CT molecular complexity index is 3540. The van der Waals surface area contributed by atoms with Gasteiger partial charge in [0.25, 0.3) is 0 Å². The van der Waals surface area contributed by atoms with Crippen molar-refractivity contribution in [1.29, 1.82) is 0 Å². The highest BCUT2D eigenvalue weighted by atomic mass is 14.9. The molecule has 10 aromatic carbocycles. The Morgan fingerprint density at radius 1 is 0.224 bits per heavy atom. The van der Waals surface area contributed by atoms with Crippen LogP contribution in [-0.2, 0) is 5.41 Å². The Morgan fingerprint density at radius 2 is 0.582 bits per heavy atom. The third kappa shape index (κ3) is 6.26. The summed E-state index contributed by atoms with van der Waals surface area (Å²) >= 11 is 0. The van der Waals surface area contributed by atoms with Gasteiger partial charge in [-0.2, -0.15) is 0 Å². The molecule has 1 spiro atoms. The van der Waals surface area contributed by atoms with Crippen LogP contribution in [-0.4, -0.2) is 9.97 Å². The molecule has 2 nitrogen and oxygen atoms in total. The van der Waals surface area contributed by atoms with Crippen molar-refractivity contribution in [3.8, 4) is 101 Å². The first-order valence-electron chi connectivity index (χ1n) is 23.1. The van der Waals surface area contributed by atoms with Gasteiger partial charge in [0, 0.05) is 16.7 Å². The van der Waals surface area contributed by atoms with Crippen LogP contribution >= 0.6 is 0 Å². The summed E-state index contributed by atoms with van der Waals surface area (Å²) in [5.74, 6) is 0.688. The van der Waals surface area contributed by atoms with Gasteiger partial charge in [0.15, 0.2) is 5.82 Å². The number of aromatic nitrogens is 2. The summed E-state index contributed by atoms with van der Waals surface area (Å²) < 4.78 is 0. The molecule has 67 heavy (non-hydrogen) atoms. The minimum absolute atomic E-state index is 0.615. The predicted molar refractivity (Wildman–Crippen MR) is 276 cm³/mol. The fourth-order valence-electron chi connectivity index (χ4n) is 11.0. The van der Waals surface area contributed by atoms with E-state index in [9.17, 15) is 0 Å². The van der Waals surface area contributed by atoms with Gasteiger partial charge < -0.3 is 0 Å². The van der Waals surface area contributed by atoms with Gasteiger partial charge in [0.2, 0.25) is 0 Å². The zero-order valence-electron chi connectivity index (χ0n) is 36.6. The third-order valence-electron chi connectivity index (χ3n) is 13.9. The first-order valence-corrected chi connectivity index (χ1v) is 23.1. The molecular formula is C65H42N2. The number of hydrogen-bond donors (Lipinski definition) is 0. The molecule has 0 N–H and O–H groups in total. The molecule has 2 aliphatic carbocycles. The third-order valence-corrected chi connectivity index (χ3v) is 13.9. The van der Waals surface area contributed by atoms with E-state index in [0.717, 1.165) is 55.9 Å². The minimum Gasteiger partial charge on any atom is -0.228 e. The van der Waals surface area contributed by atoms with E-state index in [1.165, 1.54) is 61.2 Å². The summed E-state index contributed by atoms with van der Waals surface area (Å²) in [5.41, 5.74) is 23.5. The van der Waals surface area contributed by atoms with Crippen LogP contribution in [0.2, 0.25) is 0 Å². The lowest BCUT2D eigenvalue weighted by molar-refractivity contribution is 0.775. The molecule has 0 saturated heterocycles. The lowest BCUT2D eigenvalue weighted by Crippen LogP contribution is -2.29. The number of hydrogen-bond acceptors (Lipinski definition) is 2. The zero-order chi connectivity index (χ0) is 44.3. The fraction of sp³-hybridized carbons (Fsp3) is 0.0154. The van der Waals surface area contributed by atoms with E-state index in [0.29, 0.717) is 5.82 Å². The fourth-order valence-corrected chi connectivity index (χ4v) is 11.0. The molecule has 0 saturated carbocycles. The average molecular weight is 851 g/mol. The van der Waals surface area contributed by atoms with Crippen LogP contribution in [0.5, 0.6) is 0 Å². The summed E-state index contributed by atoms with van der Waals surface area (Å²) in [7, 11) is 0. The molecule has 312 valence electrons. The number of fused-ring (bicyclic) bond motifs is 12. The molecule has 2 heteroatoms. The maximum absolute atomic E-state index is 5.65. The standard InChI is InChI=1S/C65H42N2/c1-4-19-43(20-5-1)46-35-37-47(38-36-46)61-42-62(50-40-48(44-21-6-2-7-22-44)39-49(41-50)45-23-8-3-9-24-45)67-64(66-61)56-30-18-34-60-63(56)55-29-14-17-33-59(55)65(60)57-31-15-12-27-53(57)51-25-10-11-26-52(51)54-28-13-16-32-58(54)65/h1-42H. The van der Waals surface area contributed by atoms with Crippen molar-refractivity contribution in [3.63, 3.8) is 0 Å². The topological polar surface area (TPSA) is 25.8 Å². The van der Waals surface area contributed by atoms with Gasteiger partial charge in [0.05, 0.1) is 16.8 Å². The van der Waals surface area contributed by atoms with Gasteiger partial charge in [-0.05, 0) is 113 Å². The van der Waals surface area contributed by atoms with Gasteiger partial charge in [-0.1, -0.05) is 231 Å². The van der Waals surface area contributed by atoms with Crippen LogP contribution in [0.15, 0.2) is 255 Å². The highest BCUT2D eigenvalue weighted by Crippen LogP contribution is 2.62. The SMILES string of the molecule is c1ccc(-c2ccc(-c3cc(-c4cc(-c5ccccc5)cc(-c5ccccc5)c4)nc(-c4cccc5c4-c4ccccc4C54c5ccccc5-c5ccccc5-c5ccccc54)n3)cc2)cc1. The molecule has 0 bridgehead atoms. The molecule has 0 atom stereocenters. The van der Waals surface area contributed by atoms with Crippen molar-refractivity contribution >= 4 is 0 Å². The van der Waals surface area contributed by atoms with Crippen molar-refractivity contribution in [1.82, 2.24) is 9.97 Å². The minimum atomic E-state index is -0.615. The molecule has 1 aromatic heterocycles. The van der Waals surface area contributed by atoms with Crippen molar-refractivity contribution in [2.75, 3.05) is 0 Å². The first kappa shape index (κ1) is 38.7. The van der Waals surface area contributed by atoms with E-state index >= 15 is 0 Å². The highest BCUT2D eigenvalue weighted by molar-refractivity contribution is 6.00. The Kier molecular flexibility index (Phi) is 9.11. The second-order valence-corrected chi connectivity index (χ2v) is 17.6. The zero-order valence-corrected chi connectivity index (χ0v) is 36.6. The predicted octanol–water partition coefficient (Wildman–Crippen LogP) is 16.5. The van der Waals surface area contributed by atoms with E-state index in [-0.39, 0.29) is 0 Å². The largest absolute Gasteiger partial charge is 0.228 e. The Hall–Kier alpha value is -8.72. The average Bonchev–Trinajstić information content (AvgIpc) is 3.66. The molecule has 0 fully saturated rings. The van der Waals surface area contributed by atoms with Crippen LogP contribution in [0.1, 0.15) is 22.3 Å². The maximum Gasteiger partial charge on any atom is 0.161 e. The summed E-state index contributed by atoms with van der Waals surface area (Å²) in [6.07, 6.45) is 0. The molecule has 11 aromatic rings. The van der Waals surface area contributed by atoms with Gasteiger partial charge in [0.1, 0.15) is 0 Å². The van der Waals surface area contributed by atoms with Crippen molar-refractivity contribution in [3.05, 3.63) is 277 Å². The van der Waals surface area contributed by atoms with Crippen LogP contribution in [0.3, 0.4) is 0 Å². The lowest BCUT2D eigenvalue weighted by Gasteiger charge is -2.35. The summed E-state index contributed by atoms with van der Waals surface area (Å²) in [4.78, 5) is 11.2. The molecule has 0 aliphatic heterocycles. The van der Waals surface area contributed by atoms with Gasteiger partial charge in [-0.3, -0.25) is 0 Å². The van der Waals surface area contributed by atoms with Crippen molar-refractivity contribution in [2.24, 2.45) is 0 Å². The second-order valence-electron chi connectivity index (χ2n) is 17.6. The monoisotopic (exact) mass is 850 g/mol. The van der Waals surface area contributed by atoms with E-state index in [2.05, 4.69) is 255 Å². The summed E-state index contributed by atoms with van der Waals surface area (Å²) in [6.45, 7) is 0. The van der Waals surface area contributed by atoms with Gasteiger partial charge in [-0.15, -0.1) is 0 Å². The molecule has 1 heterocycles. The Labute approximate surface area is 391 Å². The molecule has 0 radical (unpaired) electrons. The van der Waals surface area contributed by atoms with E-state index < -0.39 is 5.41 Å². The molecule has 13 rings (SSSR count). The maximum atomic E-state index is 5.65. The quantitative estimate of drug-likeness (QED) is 0.167. The first-order chi connectivity index (χ1) is 33.2. The van der Waals surface area contributed by atoms with Crippen LogP contribution in [0.4, 0.5) is 0 Å². The van der Waals surface area contributed by atoms with Gasteiger partial charge >= 0.3 is 0 Å². The smallest absolute Gasteiger partial charge is 0.161 e. The number of rotatable bonds is 6. The Morgan fingerprint density at radius 3 is 1.12 bits per heavy atom. The van der Waals surface area contributed by atoms with Gasteiger partial charge in [-0.25, -0.2) is 9.97 Å². The summed E-state index contributed by atoms with van der Waals surface area (Å²) in [5, 5.41) is 0. The molecule has 0 unspecified atom stereocenters. The van der Waals surface area contributed by atoms with E-state index in [4.69, 9.17) is 9.97 Å². The van der Waals surface area contributed by atoms with Crippen LogP contribution in [0.25, 0.3) is 101 Å². The number of benzene rings is 10. The van der Waals surface area contributed by atoms with Crippen molar-refractivity contribution in [2.45, 2.75) is 5.41 Å². The number of nitrogens with zero attached hydrogens (tertiary/aromatic N) is 2. The Balaban J connectivity index is 1.08. The summed E-state index contributed by atoms with van der Waals surface area (Å²) in [6, 6.07) is 92.5. The normalized spacial score (nSPS) is 12.6. The van der Waals surface area contributed by atoms with Crippen LogP contribution < -0.4 is 0 Å². The molecule has 2 aliphatic rings. The molecule has 0 amide bonds. The van der Waals surface area contributed by atoms with E-state index in [1.807, 2.05) is 0 Å². The van der Waals surface area contributed by atoms with Crippen molar-refractivity contribution < 1.29 is 0 Å². The highest BCUT2D eigenvalue weighted by Gasteiger charge is 2.50.